The molecule has 0 radical (unpaired) electrons. The second-order valence-corrected chi connectivity index (χ2v) is 8.72. The minimum Gasteiger partial charge on any atom is -0.353 e. The van der Waals surface area contributed by atoms with Crippen LogP contribution in [0.15, 0.2) is 47.5 Å². The molecule has 0 aliphatic carbocycles. The van der Waals surface area contributed by atoms with E-state index in [1.807, 2.05) is 18.7 Å². The quantitative estimate of drug-likeness (QED) is 0.635. The van der Waals surface area contributed by atoms with Crippen LogP contribution in [-0.4, -0.2) is 51.5 Å². The highest BCUT2D eigenvalue weighted by Crippen LogP contribution is 2.24. The molecule has 9 heteroatoms. The lowest BCUT2D eigenvalue weighted by Crippen LogP contribution is -2.45. The molecular weight excluding hydrogens is 390 g/mol. The molecule has 2 heterocycles. The van der Waals surface area contributed by atoms with Crippen LogP contribution in [-0.2, 0) is 10.0 Å². The predicted octanol–water partition coefficient (Wildman–Crippen LogP) is 1.82. The van der Waals surface area contributed by atoms with Crippen molar-refractivity contribution < 1.29 is 13.2 Å². The summed E-state index contributed by atoms with van der Waals surface area (Å²) in [5.41, 5.74) is 0.613. The van der Waals surface area contributed by atoms with Crippen molar-refractivity contribution in [3.05, 3.63) is 48.2 Å². The first-order valence-electron chi connectivity index (χ1n) is 9.75. The largest absolute Gasteiger partial charge is 0.353 e. The van der Waals surface area contributed by atoms with Crippen molar-refractivity contribution in [3.8, 4) is 0 Å². The van der Waals surface area contributed by atoms with Crippen molar-refractivity contribution in [2.45, 2.75) is 31.2 Å². The summed E-state index contributed by atoms with van der Waals surface area (Å²) in [6.45, 7) is 6.98. The Morgan fingerprint density at radius 3 is 2.59 bits per heavy atom. The number of carbonyl (C=O) groups excluding carboxylic acids is 1. The molecule has 0 bridgehead atoms. The standard InChI is InChI=1S/C20H27N5O3S/c1-3-15(2)23-20(26)18-13-16(14-22-19(18)25-11-9-21-10-12-25)24-29(27,28)17-7-5-4-6-8-17/h4-8,13-15,21,24H,3,9-12H2,1-2H3,(H,23,26)/t15-/m1/s1. The molecule has 1 aromatic heterocycles. The van der Waals surface area contributed by atoms with E-state index in [0.717, 1.165) is 32.6 Å². The Balaban J connectivity index is 1.93. The van der Waals surface area contributed by atoms with Crippen LogP contribution < -0.4 is 20.3 Å². The summed E-state index contributed by atoms with van der Waals surface area (Å²) in [5, 5.41) is 6.22. The average molecular weight is 418 g/mol. The van der Waals surface area contributed by atoms with Gasteiger partial charge in [0.05, 0.1) is 22.3 Å². The van der Waals surface area contributed by atoms with Gasteiger partial charge in [-0.25, -0.2) is 13.4 Å². The number of hydrogen-bond donors (Lipinski definition) is 3. The number of sulfonamides is 1. The fourth-order valence-electron chi connectivity index (χ4n) is 3.03. The zero-order valence-corrected chi connectivity index (χ0v) is 17.5. The second kappa shape index (κ2) is 9.23. The number of benzene rings is 1. The molecule has 156 valence electrons. The first-order chi connectivity index (χ1) is 13.9. The molecule has 1 aliphatic rings. The van der Waals surface area contributed by atoms with Gasteiger partial charge in [0.15, 0.2) is 0 Å². The van der Waals surface area contributed by atoms with Crippen molar-refractivity contribution in [3.63, 3.8) is 0 Å². The Kier molecular flexibility index (Phi) is 6.71. The topological polar surface area (TPSA) is 103 Å². The molecule has 8 nitrogen and oxygen atoms in total. The van der Waals surface area contributed by atoms with Gasteiger partial charge in [0.1, 0.15) is 5.82 Å². The van der Waals surface area contributed by atoms with Crippen molar-refractivity contribution in [2.75, 3.05) is 35.8 Å². The molecule has 1 aliphatic heterocycles. The molecule has 1 atom stereocenters. The Hall–Kier alpha value is -2.65. The van der Waals surface area contributed by atoms with Gasteiger partial charge in [-0.15, -0.1) is 0 Å². The number of aromatic nitrogens is 1. The van der Waals surface area contributed by atoms with Crippen molar-refractivity contribution in [2.24, 2.45) is 0 Å². The van der Waals surface area contributed by atoms with Crippen LogP contribution in [0.3, 0.4) is 0 Å². The van der Waals surface area contributed by atoms with Gasteiger partial charge in [0.2, 0.25) is 0 Å². The highest BCUT2D eigenvalue weighted by Gasteiger charge is 2.23. The van der Waals surface area contributed by atoms with Gasteiger partial charge in [-0.3, -0.25) is 9.52 Å². The number of pyridine rings is 1. The second-order valence-electron chi connectivity index (χ2n) is 7.03. The Morgan fingerprint density at radius 2 is 1.93 bits per heavy atom. The molecule has 3 rings (SSSR count). The first-order valence-corrected chi connectivity index (χ1v) is 11.2. The summed E-state index contributed by atoms with van der Waals surface area (Å²) in [4.78, 5) is 19.5. The van der Waals surface area contributed by atoms with E-state index in [2.05, 4.69) is 20.3 Å². The van der Waals surface area contributed by atoms with E-state index < -0.39 is 10.0 Å². The summed E-state index contributed by atoms with van der Waals surface area (Å²) >= 11 is 0. The molecule has 1 aromatic carbocycles. The lowest BCUT2D eigenvalue weighted by molar-refractivity contribution is 0.0939. The third kappa shape index (κ3) is 5.24. The molecule has 1 amide bonds. The number of anilines is 2. The van der Waals surface area contributed by atoms with Crippen LogP contribution in [0.5, 0.6) is 0 Å². The highest BCUT2D eigenvalue weighted by atomic mass is 32.2. The summed E-state index contributed by atoms with van der Waals surface area (Å²) in [7, 11) is -3.77. The molecule has 1 fully saturated rings. The first kappa shape index (κ1) is 21.1. The monoisotopic (exact) mass is 417 g/mol. The van der Waals surface area contributed by atoms with Crippen LogP contribution in [0.2, 0.25) is 0 Å². The van der Waals surface area contributed by atoms with Crippen molar-refractivity contribution >= 4 is 27.4 Å². The third-order valence-electron chi connectivity index (χ3n) is 4.82. The van der Waals surface area contributed by atoms with Gasteiger partial charge >= 0.3 is 0 Å². The maximum Gasteiger partial charge on any atom is 0.261 e. The van der Waals surface area contributed by atoms with E-state index in [9.17, 15) is 13.2 Å². The molecule has 3 N–H and O–H groups in total. The van der Waals surface area contributed by atoms with Crippen LogP contribution in [0.1, 0.15) is 30.6 Å². The molecular formula is C20H27N5O3S. The molecule has 0 spiro atoms. The van der Waals surface area contributed by atoms with E-state index in [1.54, 1.807) is 24.3 Å². The van der Waals surface area contributed by atoms with Gasteiger partial charge in [-0.2, -0.15) is 0 Å². The van der Waals surface area contributed by atoms with Crippen LogP contribution in [0.25, 0.3) is 0 Å². The summed E-state index contributed by atoms with van der Waals surface area (Å²) in [6.07, 6.45) is 2.25. The number of hydrogen-bond acceptors (Lipinski definition) is 6. The lowest BCUT2D eigenvalue weighted by Gasteiger charge is -2.30. The van der Waals surface area contributed by atoms with E-state index in [-0.39, 0.29) is 22.5 Å². The molecule has 1 saturated heterocycles. The van der Waals surface area contributed by atoms with E-state index in [0.29, 0.717) is 11.4 Å². The van der Waals surface area contributed by atoms with Crippen LogP contribution >= 0.6 is 0 Å². The maximum atomic E-state index is 12.9. The minimum atomic E-state index is -3.77. The number of nitrogens with one attached hydrogen (secondary N) is 3. The Morgan fingerprint density at radius 1 is 1.24 bits per heavy atom. The number of rotatable bonds is 7. The number of piperazine rings is 1. The fraction of sp³-hybridized carbons (Fsp3) is 0.400. The fourth-order valence-corrected chi connectivity index (χ4v) is 4.08. The summed E-state index contributed by atoms with van der Waals surface area (Å²) in [6, 6.07) is 9.66. The minimum absolute atomic E-state index is 0.00281. The third-order valence-corrected chi connectivity index (χ3v) is 6.22. The lowest BCUT2D eigenvalue weighted by atomic mass is 10.1. The van der Waals surface area contributed by atoms with Crippen molar-refractivity contribution in [1.82, 2.24) is 15.6 Å². The molecule has 0 unspecified atom stereocenters. The summed E-state index contributed by atoms with van der Waals surface area (Å²) < 4.78 is 27.8. The molecule has 0 saturated carbocycles. The smallest absolute Gasteiger partial charge is 0.261 e. The molecule has 29 heavy (non-hydrogen) atoms. The van der Waals surface area contributed by atoms with Crippen LogP contribution in [0, 0.1) is 0 Å². The number of nitrogens with zero attached hydrogens (tertiary/aromatic N) is 2. The van der Waals surface area contributed by atoms with Crippen molar-refractivity contribution in [1.29, 1.82) is 0 Å². The number of carbonyl (C=O) groups is 1. The van der Waals surface area contributed by atoms with Gasteiger partial charge in [-0.05, 0) is 31.5 Å². The van der Waals surface area contributed by atoms with Gasteiger partial charge in [0.25, 0.3) is 15.9 Å². The Bertz CT molecular complexity index is 944. The normalized spacial score (nSPS) is 15.6. The zero-order chi connectivity index (χ0) is 20.9. The maximum absolute atomic E-state index is 12.9. The van der Waals surface area contributed by atoms with E-state index >= 15 is 0 Å². The van der Waals surface area contributed by atoms with Gasteiger partial charge < -0.3 is 15.5 Å². The Labute approximate surface area is 171 Å². The predicted molar refractivity (Wildman–Crippen MR) is 114 cm³/mol. The molecule has 2 aromatic rings. The van der Waals surface area contributed by atoms with Crippen LogP contribution in [0.4, 0.5) is 11.5 Å². The zero-order valence-electron chi connectivity index (χ0n) is 16.7. The SMILES string of the molecule is CC[C@@H](C)NC(=O)c1cc(NS(=O)(=O)c2ccccc2)cnc1N1CCNCC1. The number of amides is 1. The summed E-state index contributed by atoms with van der Waals surface area (Å²) in [5.74, 6) is 0.302. The van der Waals surface area contributed by atoms with E-state index in [4.69, 9.17) is 0 Å². The average Bonchev–Trinajstić information content (AvgIpc) is 2.74. The van der Waals surface area contributed by atoms with Gasteiger partial charge in [0, 0.05) is 32.2 Å². The van der Waals surface area contributed by atoms with E-state index in [1.165, 1.54) is 18.3 Å². The van der Waals surface area contributed by atoms with Gasteiger partial charge in [-0.1, -0.05) is 25.1 Å². The highest BCUT2D eigenvalue weighted by molar-refractivity contribution is 7.92.